The fourth-order valence-electron chi connectivity index (χ4n) is 2.25. The first-order valence-electron chi connectivity index (χ1n) is 6.07. The largest absolute Gasteiger partial charge is 0.338 e. The van der Waals surface area contributed by atoms with E-state index in [1.54, 1.807) is 6.20 Å². The third-order valence-corrected chi connectivity index (χ3v) is 3.22. The fraction of sp³-hybridized carbons (Fsp3) is 0.538. The summed E-state index contributed by atoms with van der Waals surface area (Å²) in [5.41, 5.74) is 1.64. The Morgan fingerprint density at radius 3 is 2.79 bits per heavy atom. The van der Waals surface area contributed by atoms with Gasteiger partial charge in [-0.2, -0.15) is 0 Å². The molecule has 108 valence electrons. The van der Waals surface area contributed by atoms with Crippen molar-refractivity contribution in [2.75, 3.05) is 26.7 Å². The molecule has 6 heteroatoms. The van der Waals surface area contributed by atoms with Gasteiger partial charge in [0.25, 0.3) is 5.91 Å². The van der Waals surface area contributed by atoms with E-state index in [0.29, 0.717) is 11.5 Å². The van der Waals surface area contributed by atoms with Gasteiger partial charge in [-0.1, -0.05) is 0 Å². The lowest BCUT2D eigenvalue weighted by molar-refractivity contribution is 0.0787. The molecule has 1 amide bonds. The molecule has 0 radical (unpaired) electrons. The van der Waals surface area contributed by atoms with Crippen LogP contribution in [0, 0.1) is 12.8 Å². The van der Waals surface area contributed by atoms with Crippen LogP contribution in [0.1, 0.15) is 22.5 Å². The van der Waals surface area contributed by atoms with Crippen LogP contribution in [0.2, 0.25) is 0 Å². The van der Waals surface area contributed by atoms with Crippen molar-refractivity contribution in [2.24, 2.45) is 5.92 Å². The van der Waals surface area contributed by atoms with Gasteiger partial charge in [0.05, 0.1) is 5.56 Å². The Hall–Kier alpha value is -0.840. The van der Waals surface area contributed by atoms with Crippen molar-refractivity contribution in [3.8, 4) is 0 Å². The van der Waals surface area contributed by atoms with Gasteiger partial charge in [-0.3, -0.25) is 9.78 Å². The van der Waals surface area contributed by atoms with Gasteiger partial charge in [-0.25, -0.2) is 0 Å². The van der Waals surface area contributed by atoms with E-state index in [-0.39, 0.29) is 30.7 Å². The Kier molecular flexibility index (Phi) is 7.99. The summed E-state index contributed by atoms with van der Waals surface area (Å²) >= 11 is 0. The lowest BCUT2D eigenvalue weighted by atomic mass is 10.1. The molecule has 0 aliphatic carbocycles. The molecular weight excluding hydrogens is 285 g/mol. The zero-order valence-electron chi connectivity index (χ0n) is 11.3. The molecule has 1 unspecified atom stereocenters. The highest BCUT2D eigenvalue weighted by Crippen LogP contribution is 2.17. The summed E-state index contributed by atoms with van der Waals surface area (Å²) in [6, 6.07) is 3.74. The summed E-state index contributed by atoms with van der Waals surface area (Å²) in [6.45, 7) is 4.62. The average molecular weight is 306 g/mol. The second kappa shape index (κ2) is 8.35. The smallest absolute Gasteiger partial charge is 0.255 e. The highest BCUT2D eigenvalue weighted by Gasteiger charge is 2.26. The number of carbonyl (C=O) groups excluding carboxylic acids is 1. The predicted molar refractivity (Wildman–Crippen MR) is 81.4 cm³/mol. The summed E-state index contributed by atoms with van der Waals surface area (Å²) < 4.78 is 0. The van der Waals surface area contributed by atoms with Gasteiger partial charge < -0.3 is 10.2 Å². The van der Waals surface area contributed by atoms with Crippen LogP contribution in [0.5, 0.6) is 0 Å². The minimum atomic E-state index is 0. The van der Waals surface area contributed by atoms with Gasteiger partial charge in [0, 0.05) is 25.0 Å². The van der Waals surface area contributed by atoms with E-state index in [9.17, 15) is 4.79 Å². The van der Waals surface area contributed by atoms with Crippen LogP contribution in [-0.2, 0) is 0 Å². The fourth-order valence-corrected chi connectivity index (χ4v) is 2.25. The van der Waals surface area contributed by atoms with Crippen LogP contribution < -0.4 is 5.32 Å². The quantitative estimate of drug-likeness (QED) is 0.928. The van der Waals surface area contributed by atoms with Gasteiger partial charge in [-0.05, 0) is 45.0 Å². The Morgan fingerprint density at radius 2 is 2.21 bits per heavy atom. The first kappa shape index (κ1) is 18.2. The number of halogens is 2. The molecule has 0 spiro atoms. The maximum Gasteiger partial charge on any atom is 0.255 e. The standard InChI is InChI=1S/C13H19N3O.2ClH/c1-10-3-4-12(8-15-10)13(17)16-6-5-11(9-16)7-14-2;;/h3-4,8,11,14H,5-7,9H2,1-2H3;2*1H. The van der Waals surface area contributed by atoms with Crippen molar-refractivity contribution in [1.82, 2.24) is 15.2 Å². The number of aryl methyl sites for hydroxylation is 1. The van der Waals surface area contributed by atoms with Crippen molar-refractivity contribution >= 4 is 30.7 Å². The monoisotopic (exact) mass is 305 g/mol. The molecule has 0 aromatic carbocycles. The number of nitrogens with one attached hydrogen (secondary N) is 1. The first-order chi connectivity index (χ1) is 8.20. The van der Waals surface area contributed by atoms with Gasteiger partial charge in [-0.15, -0.1) is 24.8 Å². The molecule has 1 fully saturated rings. The normalized spacial score (nSPS) is 17.6. The molecule has 1 aliphatic heterocycles. The van der Waals surface area contributed by atoms with Crippen LogP contribution in [0.4, 0.5) is 0 Å². The number of likely N-dealkylation sites (tertiary alicyclic amines) is 1. The molecule has 1 aromatic rings. The number of nitrogens with zero attached hydrogens (tertiary/aromatic N) is 2. The van der Waals surface area contributed by atoms with Crippen molar-refractivity contribution < 1.29 is 4.79 Å². The summed E-state index contributed by atoms with van der Waals surface area (Å²) in [4.78, 5) is 18.3. The second-order valence-corrected chi connectivity index (χ2v) is 4.65. The van der Waals surface area contributed by atoms with Crippen molar-refractivity contribution in [1.29, 1.82) is 0 Å². The van der Waals surface area contributed by atoms with Crippen LogP contribution in [0.15, 0.2) is 18.3 Å². The van der Waals surface area contributed by atoms with E-state index in [4.69, 9.17) is 0 Å². The SMILES string of the molecule is CNCC1CCN(C(=O)c2ccc(C)nc2)C1.Cl.Cl. The second-order valence-electron chi connectivity index (χ2n) is 4.65. The van der Waals surface area contributed by atoms with E-state index >= 15 is 0 Å². The first-order valence-corrected chi connectivity index (χ1v) is 6.07. The minimum Gasteiger partial charge on any atom is -0.338 e. The topological polar surface area (TPSA) is 45.2 Å². The highest BCUT2D eigenvalue weighted by molar-refractivity contribution is 5.94. The molecule has 0 saturated carbocycles. The Balaban J connectivity index is 0.00000162. The molecule has 1 aliphatic rings. The number of amides is 1. The number of rotatable bonds is 3. The zero-order valence-corrected chi connectivity index (χ0v) is 12.9. The van der Waals surface area contributed by atoms with E-state index in [0.717, 1.165) is 31.7 Å². The molecule has 1 saturated heterocycles. The highest BCUT2D eigenvalue weighted by atomic mass is 35.5. The van der Waals surface area contributed by atoms with Crippen molar-refractivity contribution in [2.45, 2.75) is 13.3 Å². The third-order valence-electron chi connectivity index (χ3n) is 3.22. The van der Waals surface area contributed by atoms with Crippen LogP contribution in [-0.4, -0.2) is 42.5 Å². The lowest BCUT2D eigenvalue weighted by Crippen LogP contribution is -2.30. The average Bonchev–Trinajstić information content (AvgIpc) is 2.78. The Morgan fingerprint density at radius 1 is 1.47 bits per heavy atom. The number of hydrogen-bond acceptors (Lipinski definition) is 3. The molecule has 2 heterocycles. The molecular formula is C13H21Cl2N3O. The molecule has 1 atom stereocenters. The molecule has 19 heavy (non-hydrogen) atoms. The lowest BCUT2D eigenvalue weighted by Gasteiger charge is -2.16. The molecule has 4 nitrogen and oxygen atoms in total. The minimum absolute atomic E-state index is 0. The third kappa shape index (κ3) is 4.64. The number of aromatic nitrogens is 1. The number of pyridine rings is 1. The summed E-state index contributed by atoms with van der Waals surface area (Å²) in [7, 11) is 1.95. The number of hydrogen-bond donors (Lipinski definition) is 1. The van der Waals surface area contributed by atoms with E-state index < -0.39 is 0 Å². The molecule has 1 aromatic heterocycles. The molecule has 2 rings (SSSR count). The summed E-state index contributed by atoms with van der Waals surface area (Å²) in [5, 5.41) is 3.17. The van der Waals surface area contributed by atoms with Crippen LogP contribution >= 0.6 is 24.8 Å². The maximum absolute atomic E-state index is 12.2. The van der Waals surface area contributed by atoms with Gasteiger partial charge >= 0.3 is 0 Å². The maximum atomic E-state index is 12.2. The summed E-state index contributed by atoms with van der Waals surface area (Å²) in [5.74, 6) is 0.693. The van der Waals surface area contributed by atoms with Gasteiger partial charge in [0.15, 0.2) is 0 Å². The summed E-state index contributed by atoms with van der Waals surface area (Å²) in [6.07, 6.45) is 2.76. The van der Waals surface area contributed by atoms with Crippen molar-refractivity contribution in [3.05, 3.63) is 29.6 Å². The van der Waals surface area contributed by atoms with E-state index in [2.05, 4.69) is 10.3 Å². The van der Waals surface area contributed by atoms with Gasteiger partial charge in [0.1, 0.15) is 0 Å². The van der Waals surface area contributed by atoms with Crippen LogP contribution in [0.25, 0.3) is 0 Å². The van der Waals surface area contributed by atoms with E-state index in [1.807, 2.05) is 31.0 Å². The molecule has 1 N–H and O–H groups in total. The van der Waals surface area contributed by atoms with E-state index in [1.165, 1.54) is 0 Å². The Bertz CT molecular complexity index is 397. The molecule has 0 bridgehead atoms. The predicted octanol–water partition coefficient (Wildman–Crippen LogP) is 1.92. The zero-order chi connectivity index (χ0) is 12.3. The van der Waals surface area contributed by atoms with Gasteiger partial charge in [0.2, 0.25) is 0 Å². The van der Waals surface area contributed by atoms with Crippen molar-refractivity contribution in [3.63, 3.8) is 0 Å². The van der Waals surface area contributed by atoms with Crippen LogP contribution in [0.3, 0.4) is 0 Å². The number of carbonyl (C=O) groups is 1. The Labute approximate surface area is 126 Å².